The highest BCUT2D eigenvalue weighted by molar-refractivity contribution is 7.99. The summed E-state index contributed by atoms with van der Waals surface area (Å²) in [6.45, 7) is 1.56. The van der Waals surface area contributed by atoms with Gasteiger partial charge in [0.25, 0.3) is 0 Å². The number of hydrogen-bond donors (Lipinski definition) is 1. The predicted molar refractivity (Wildman–Crippen MR) is 109 cm³/mol. The van der Waals surface area contributed by atoms with E-state index in [0.29, 0.717) is 13.0 Å². The standard InChI is InChI=1S/C21H21N5OS/c27-20(23-15-6-5-12-25-14-22-24-21(15)25)11-13-26-16-7-1-3-9-18(16)28-19-10-4-2-8-17(19)26/h1-4,7-10,14-15H,5-6,11-13H2,(H,23,27). The minimum atomic E-state index is -0.0415. The van der Waals surface area contributed by atoms with Crippen molar-refractivity contribution in [2.75, 3.05) is 11.4 Å². The smallest absolute Gasteiger partial charge is 0.222 e. The van der Waals surface area contributed by atoms with E-state index in [0.717, 1.165) is 36.6 Å². The third-order valence-electron chi connectivity index (χ3n) is 5.28. The number of rotatable bonds is 4. The van der Waals surface area contributed by atoms with Crippen LogP contribution in [0.3, 0.4) is 0 Å². The summed E-state index contributed by atoms with van der Waals surface area (Å²) in [4.78, 5) is 17.4. The fourth-order valence-electron chi connectivity index (χ4n) is 3.94. The number of amides is 1. The van der Waals surface area contributed by atoms with E-state index < -0.39 is 0 Å². The number of nitrogens with one attached hydrogen (secondary N) is 1. The van der Waals surface area contributed by atoms with Gasteiger partial charge in [-0.2, -0.15) is 0 Å². The van der Waals surface area contributed by atoms with Crippen molar-refractivity contribution in [1.82, 2.24) is 20.1 Å². The van der Waals surface area contributed by atoms with Gasteiger partial charge in [0, 0.05) is 29.3 Å². The third-order valence-corrected chi connectivity index (χ3v) is 6.41. The van der Waals surface area contributed by atoms with E-state index in [2.05, 4.69) is 68.9 Å². The molecule has 6 nitrogen and oxygen atoms in total. The number of carbonyl (C=O) groups is 1. The molecule has 2 aliphatic rings. The van der Waals surface area contributed by atoms with Crippen LogP contribution < -0.4 is 10.2 Å². The number of fused-ring (bicyclic) bond motifs is 3. The van der Waals surface area contributed by atoms with Gasteiger partial charge in [-0.25, -0.2) is 0 Å². The molecule has 1 aromatic heterocycles. The first-order valence-electron chi connectivity index (χ1n) is 9.60. The van der Waals surface area contributed by atoms with Crippen LogP contribution in [0.5, 0.6) is 0 Å². The first-order valence-corrected chi connectivity index (χ1v) is 10.4. The number of aromatic nitrogens is 3. The first-order chi connectivity index (χ1) is 13.8. The summed E-state index contributed by atoms with van der Waals surface area (Å²) in [6.07, 6.45) is 4.11. The van der Waals surface area contributed by atoms with Crippen LogP contribution in [-0.4, -0.2) is 27.2 Å². The van der Waals surface area contributed by atoms with Gasteiger partial charge >= 0.3 is 0 Å². The summed E-state index contributed by atoms with van der Waals surface area (Å²) in [5, 5.41) is 11.3. The van der Waals surface area contributed by atoms with Crippen LogP contribution in [0, 0.1) is 0 Å². The fourth-order valence-corrected chi connectivity index (χ4v) is 5.04. The molecule has 0 saturated heterocycles. The molecule has 1 atom stereocenters. The Hall–Kier alpha value is -2.80. The predicted octanol–water partition coefficient (Wildman–Crippen LogP) is 3.92. The lowest BCUT2D eigenvalue weighted by atomic mass is 10.1. The van der Waals surface area contributed by atoms with Crippen molar-refractivity contribution in [3.05, 3.63) is 60.7 Å². The van der Waals surface area contributed by atoms with E-state index >= 15 is 0 Å². The quantitative estimate of drug-likeness (QED) is 0.730. The first kappa shape index (κ1) is 17.3. The lowest BCUT2D eigenvalue weighted by Gasteiger charge is -2.32. The Bertz CT molecular complexity index is 972. The molecule has 1 N–H and O–H groups in total. The molecule has 7 heteroatoms. The molecule has 1 amide bonds. The van der Waals surface area contributed by atoms with Gasteiger partial charge in [0.1, 0.15) is 6.33 Å². The Kier molecular flexibility index (Phi) is 4.52. The summed E-state index contributed by atoms with van der Waals surface area (Å²) in [5.74, 6) is 0.916. The van der Waals surface area contributed by atoms with Gasteiger partial charge in [-0.15, -0.1) is 10.2 Å². The van der Waals surface area contributed by atoms with E-state index in [1.165, 1.54) is 9.79 Å². The average molecular weight is 392 g/mol. The Balaban J connectivity index is 1.32. The Morgan fingerprint density at radius 3 is 2.57 bits per heavy atom. The summed E-state index contributed by atoms with van der Waals surface area (Å²) >= 11 is 1.78. The normalized spacial score (nSPS) is 17.4. The van der Waals surface area contributed by atoms with Gasteiger partial charge in [-0.1, -0.05) is 36.0 Å². The number of carbonyl (C=O) groups excluding carboxylic acids is 1. The van der Waals surface area contributed by atoms with Gasteiger partial charge in [0.05, 0.1) is 17.4 Å². The molecule has 142 valence electrons. The van der Waals surface area contributed by atoms with E-state index in [-0.39, 0.29) is 11.9 Å². The molecule has 0 bridgehead atoms. The Morgan fingerprint density at radius 1 is 1.11 bits per heavy atom. The van der Waals surface area contributed by atoms with Gasteiger partial charge in [0.2, 0.25) is 5.91 Å². The van der Waals surface area contributed by atoms with Crippen LogP contribution in [-0.2, 0) is 11.3 Å². The van der Waals surface area contributed by atoms with E-state index in [1.807, 2.05) is 4.57 Å². The lowest BCUT2D eigenvalue weighted by molar-refractivity contribution is -0.121. The molecule has 1 unspecified atom stereocenters. The second-order valence-corrected chi connectivity index (χ2v) is 8.17. The molecule has 0 aliphatic carbocycles. The molecule has 28 heavy (non-hydrogen) atoms. The van der Waals surface area contributed by atoms with Crippen LogP contribution in [0.4, 0.5) is 11.4 Å². The van der Waals surface area contributed by atoms with Crippen molar-refractivity contribution in [2.24, 2.45) is 0 Å². The molecule has 3 aromatic rings. The molecule has 0 spiro atoms. The van der Waals surface area contributed by atoms with Crippen molar-refractivity contribution in [2.45, 2.75) is 41.6 Å². The molecule has 0 radical (unpaired) electrons. The highest BCUT2D eigenvalue weighted by atomic mass is 32.2. The zero-order valence-electron chi connectivity index (χ0n) is 15.4. The number of benzene rings is 2. The molecule has 0 saturated carbocycles. The van der Waals surface area contributed by atoms with E-state index in [9.17, 15) is 4.79 Å². The highest BCUT2D eigenvalue weighted by Crippen LogP contribution is 2.47. The Morgan fingerprint density at radius 2 is 1.82 bits per heavy atom. The van der Waals surface area contributed by atoms with Crippen LogP contribution in [0.25, 0.3) is 0 Å². The molecule has 2 aromatic carbocycles. The van der Waals surface area contributed by atoms with Gasteiger partial charge in [-0.3, -0.25) is 4.79 Å². The maximum Gasteiger partial charge on any atom is 0.222 e. The summed E-state index contributed by atoms with van der Waals surface area (Å²) in [5.41, 5.74) is 2.33. The van der Waals surface area contributed by atoms with Crippen molar-refractivity contribution in [3.63, 3.8) is 0 Å². The minimum Gasteiger partial charge on any atom is -0.346 e. The van der Waals surface area contributed by atoms with Gasteiger partial charge in [-0.05, 0) is 37.1 Å². The van der Waals surface area contributed by atoms with Gasteiger partial charge in [0.15, 0.2) is 5.82 Å². The monoisotopic (exact) mass is 391 g/mol. The molecule has 3 heterocycles. The molecular formula is C21H21N5OS. The number of para-hydroxylation sites is 2. The van der Waals surface area contributed by atoms with Crippen molar-refractivity contribution >= 4 is 29.0 Å². The van der Waals surface area contributed by atoms with Crippen LogP contribution in [0.2, 0.25) is 0 Å². The Labute approximate surface area is 168 Å². The second kappa shape index (κ2) is 7.31. The van der Waals surface area contributed by atoms with Crippen LogP contribution in [0.1, 0.15) is 31.1 Å². The largest absolute Gasteiger partial charge is 0.346 e. The second-order valence-electron chi connectivity index (χ2n) is 7.08. The average Bonchev–Trinajstić information content (AvgIpc) is 3.21. The SMILES string of the molecule is O=C(CCN1c2ccccc2Sc2ccccc21)NC1CCCn2cnnc21. The fraction of sp³-hybridized carbons (Fsp3) is 0.286. The molecule has 2 aliphatic heterocycles. The van der Waals surface area contributed by atoms with Crippen molar-refractivity contribution in [1.29, 1.82) is 0 Å². The van der Waals surface area contributed by atoms with Crippen molar-refractivity contribution in [3.8, 4) is 0 Å². The van der Waals surface area contributed by atoms with E-state index in [4.69, 9.17) is 0 Å². The van der Waals surface area contributed by atoms with Crippen LogP contribution in [0.15, 0.2) is 64.6 Å². The minimum absolute atomic E-state index is 0.0415. The van der Waals surface area contributed by atoms with E-state index in [1.54, 1.807) is 18.1 Å². The lowest BCUT2D eigenvalue weighted by Crippen LogP contribution is -2.35. The topological polar surface area (TPSA) is 63.1 Å². The number of anilines is 2. The number of aryl methyl sites for hydroxylation is 1. The summed E-state index contributed by atoms with van der Waals surface area (Å²) < 4.78 is 2.03. The van der Waals surface area contributed by atoms with Crippen molar-refractivity contribution < 1.29 is 4.79 Å². The molecule has 5 rings (SSSR count). The zero-order valence-corrected chi connectivity index (χ0v) is 16.2. The number of nitrogens with zero attached hydrogens (tertiary/aromatic N) is 4. The third kappa shape index (κ3) is 3.16. The maximum absolute atomic E-state index is 12.7. The molecule has 0 fully saturated rings. The molecular weight excluding hydrogens is 370 g/mol. The van der Waals surface area contributed by atoms with Crippen LogP contribution >= 0.6 is 11.8 Å². The summed E-state index contributed by atoms with van der Waals surface area (Å²) in [7, 11) is 0. The zero-order chi connectivity index (χ0) is 18.9. The van der Waals surface area contributed by atoms with Gasteiger partial charge < -0.3 is 14.8 Å². The summed E-state index contributed by atoms with van der Waals surface area (Å²) in [6, 6.07) is 16.7. The highest BCUT2D eigenvalue weighted by Gasteiger charge is 2.26. The maximum atomic E-state index is 12.7. The number of hydrogen-bond acceptors (Lipinski definition) is 5.